The minimum atomic E-state index is -1.08. The number of carbonyl (C=O) groups excluding carboxylic acids is 1. The van der Waals surface area contributed by atoms with Crippen LogP contribution in [-0.2, 0) is 9.47 Å². The third-order valence-electron chi connectivity index (χ3n) is 4.29. The fraction of sp³-hybridized carbons (Fsp3) is 0.579. The molecule has 1 aromatic rings. The molecule has 8 nitrogen and oxygen atoms in total. The molecule has 150 valence electrons. The molecule has 2 rings (SSSR count). The summed E-state index contributed by atoms with van der Waals surface area (Å²) in [5.74, 6) is -1.12. The van der Waals surface area contributed by atoms with E-state index in [1.165, 1.54) is 18.2 Å². The van der Waals surface area contributed by atoms with Crippen LogP contribution in [0.1, 0.15) is 33.6 Å². The van der Waals surface area contributed by atoms with E-state index in [4.69, 9.17) is 14.2 Å². The molecular formula is C19H28N2O6. The van der Waals surface area contributed by atoms with Crippen molar-refractivity contribution < 1.29 is 28.9 Å². The molecule has 0 radical (unpaired) electrons. The van der Waals surface area contributed by atoms with Crippen LogP contribution in [0.2, 0.25) is 0 Å². The van der Waals surface area contributed by atoms with Crippen molar-refractivity contribution in [2.75, 3.05) is 59.7 Å². The molecule has 8 heteroatoms. The van der Waals surface area contributed by atoms with E-state index in [-0.39, 0.29) is 17.2 Å². The molecule has 0 aliphatic carbocycles. The van der Waals surface area contributed by atoms with Crippen molar-refractivity contribution in [1.29, 1.82) is 0 Å². The Hall–Kier alpha value is -2.16. The Labute approximate surface area is 159 Å². The highest BCUT2D eigenvalue weighted by Gasteiger charge is 2.16. The molecule has 0 saturated carbocycles. The van der Waals surface area contributed by atoms with Crippen molar-refractivity contribution in [3.8, 4) is 5.75 Å². The number of nitrogens with zero attached hydrogens (tertiary/aromatic N) is 1. The van der Waals surface area contributed by atoms with Crippen LogP contribution in [0.4, 0.5) is 0 Å². The normalized spacial score (nSPS) is 14.7. The predicted molar refractivity (Wildman–Crippen MR) is 99.6 cm³/mol. The predicted octanol–water partition coefficient (Wildman–Crippen LogP) is 1.25. The van der Waals surface area contributed by atoms with Gasteiger partial charge in [0.15, 0.2) is 0 Å². The lowest BCUT2D eigenvalue weighted by molar-refractivity contribution is 0.0383. The molecule has 1 fully saturated rings. The fourth-order valence-electron chi connectivity index (χ4n) is 2.74. The van der Waals surface area contributed by atoms with Gasteiger partial charge in [-0.2, -0.15) is 0 Å². The van der Waals surface area contributed by atoms with E-state index in [0.29, 0.717) is 25.3 Å². The number of hydrogen-bond donors (Lipinski definition) is 2. The summed E-state index contributed by atoms with van der Waals surface area (Å²) in [6, 6.07) is 4.40. The average Bonchev–Trinajstić information content (AvgIpc) is 2.68. The Morgan fingerprint density at radius 1 is 1.22 bits per heavy atom. The smallest absolute Gasteiger partial charge is 0.339 e. The minimum absolute atomic E-state index is 0.0478. The summed E-state index contributed by atoms with van der Waals surface area (Å²) in [4.78, 5) is 26.0. The average molecular weight is 380 g/mol. The number of nitrogens with one attached hydrogen (secondary N) is 1. The molecular weight excluding hydrogens is 352 g/mol. The molecule has 0 aromatic heterocycles. The van der Waals surface area contributed by atoms with E-state index in [2.05, 4.69) is 10.2 Å². The van der Waals surface area contributed by atoms with Crippen molar-refractivity contribution in [1.82, 2.24) is 10.2 Å². The van der Waals surface area contributed by atoms with Gasteiger partial charge in [0, 0.05) is 45.5 Å². The van der Waals surface area contributed by atoms with Gasteiger partial charge in [0.05, 0.1) is 19.8 Å². The quantitative estimate of drug-likeness (QED) is 0.558. The zero-order valence-electron chi connectivity index (χ0n) is 15.7. The zero-order chi connectivity index (χ0) is 19.5. The Bertz CT molecular complexity index is 616. The number of rotatable bonds is 11. The number of morpholine rings is 1. The maximum atomic E-state index is 12.4. The first kappa shape index (κ1) is 21.1. The van der Waals surface area contributed by atoms with Crippen LogP contribution in [0.25, 0.3) is 0 Å². The number of carbonyl (C=O) groups is 2. The molecule has 1 amide bonds. The van der Waals surface area contributed by atoms with Crippen molar-refractivity contribution in [3.05, 3.63) is 29.3 Å². The number of amides is 1. The monoisotopic (exact) mass is 380 g/mol. The van der Waals surface area contributed by atoms with Crippen LogP contribution in [-0.4, -0.2) is 81.6 Å². The molecule has 1 aliphatic rings. The fourth-order valence-corrected chi connectivity index (χ4v) is 2.74. The van der Waals surface area contributed by atoms with Gasteiger partial charge in [-0.25, -0.2) is 4.79 Å². The lowest BCUT2D eigenvalue weighted by Gasteiger charge is -2.26. The van der Waals surface area contributed by atoms with Crippen LogP contribution >= 0.6 is 0 Å². The molecule has 0 bridgehead atoms. The standard InChI is InChI=1S/C19H28N2O6/c1-25-10-2-3-11-27-17-14-15(4-5-16(17)19(23)24)18(22)20-6-7-21-8-12-26-13-9-21/h4-5,14H,2-3,6-13H2,1H3,(H,20,22)(H,23,24). The van der Waals surface area contributed by atoms with Gasteiger partial charge in [0.1, 0.15) is 11.3 Å². The van der Waals surface area contributed by atoms with Crippen LogP contribution in [0.3, 0.4) is 0 Å². The molecule has 0 unspecified atom stereocenters. The SMILES string of the molecule is COCCCCOc1cc(C(=O)NCCN2CCOCC2)ccc1C(=O)O. The largest absolute Gasteiger partial charge is 0.493 e. The molecule has 1 aliphatic heterocycles. The second-order valence-corrected chi connectivity index (χ2v) is 6.27. The third-order valence-corrected chi connectivity index (χ3v) is 4.29. The molecule has 1 heterocycles. The Balaban J connectivity index is 1.89. The molecule has 0 spiro atoms. The summed E-state index contributed by atoms with van der Waals surface area (Å²) in [6.07, 6.45) is 1.56. The topological polar surface area (TPSA) is 97.3 Å². The van der Waals surface area contributed by atoms with E-state index in [9.17, 15) is 14.7 Å². The molecule has 1 saturated heterocycles. The van der Waals surface area contributed by atoms with Crippen LogP contribution in [0.5, 0.6) is 5.75 Å². The maximum absolute atomic E-state index is 12.4. The number of carboxylic acid groups (broad SMARTS) is 1. The van der Waals surface area contributed by atoms with Crippen molar-refractivity contribution in [2.45, 2.75) is 12.8 Å². The highest BCUT2D eigenvalue weighted by Crippen LogP contribution is 2.21. The summed E-state index contributed by atoms with van der Waals surface area (Å²) in [5, 5.41) is 12.2. The van der Waals surface area contributed by atoms with Gasteiger partial charge in [-0.3, -0.25) is 9.69 Å². The maximum Gasteiger partial charge on any atom is 0.339 e. The molecule has 27 heavy (non-hydrogen) atoms. The number of aromatic carboxylic acids is 1. The van der Waals surface area contributed by atoms with Crippen LogP contribution in [0, 0.1) is 0 Å². The van der Waals surface area contributed by atoms with Crippen molar-refractivity contribution in [2.24, 2.45) is 0 Å². The number of hydrogen-bond acceptors (Lipinski definition) is 6. The molecule has 2 N–H and O–H groups in total. The number of carboxylic acids is 1. The molecule has 0 atom stereocenters. The first-order valence-corrected chi connectivity index (χ1v) is 9.19. The van der Waals surface area contributed by atoms with E-state index in [1.54, 1.807) is 7.11 Å². The van der Waals surface area contributed by atoms with E-state index in [1.807, 2.05) is 0 Å². The second kappa shape index (κ2) is 11.5. The number of methoxy groups -OCH3 is 1. The first-order valence-electron chi connectivity index (χ1n) is 9.19. The lowest BCUT2D eigenvalue weighted by atomic mass is 10.1. The summed E-state index contributed by atoms with van der Waals surface area (Å²) >= 11 is 0. The minimum Gasteiger partial charge on any atom is -0.493 e. The second-order valence-electron chi connectivity index (χ2n) is 6.27. The number of benzene rings is 1. The third kappa shape index (κ3) is 7.16. The molecule has 1 aromatic carbocycles. The van der Waals surface area contributed by atoms with E-state index < -0.39 is 5.97 Å². The first-order chi connectivity index (χ1) is 13.1. The van der Waals surface area contributed by atoms with Gasteiger partial charge in [-0.15, -0.1) is 0 Å². The summed E-state index contributed by atoms with van der Waals surface area (Å²) in [6.45, 7) is 5.43. The van der Waals surface area contributed by atoms with Gasteiger partial charge in [-0.05, 0) is 31.0 Å². The van der Waals surface area contributed by atoms with Gasteiger partial charge < -0.3 is 24.6 Å². The Morgan fingerprint density at radius 2 is 1.96 bits per heavy atom. The van der Waals surface area contributed by atoms with E-state index >= 15 is 0 Å². The summed E-state index contributed by atoms with van der Waals surface area (Å²) in [5.41, 5.74) is 0.431. The highest BCUT2D eigenvalue weighted by atomic mass is 16.5. The summed E-state index contributed by atoms with van der Waals surface area (Å²) in [7, 11) is 1.63. The van der Waals surface area contributed by atoms with E-state index in [0.717, 1.165) is 45.7 Å². The Morgan fingerprint density at radius 3 is 2.67 bits per heavy atom. The van der Waals surface area contributed by atoms with Gasteiger partial charge in [-0.1, -0.05) is 0 Å². The van der Waals surface area contributed by atoms with Gasteiger partial charge in [0.25, 0.3) is 5.91 Å². The van der Waals surface area contributed by atoms with Gasteiger partial charge >= 0.3 is 5.97 Å². The van der Waals surface area contributed by atoms with Crippen molar-refractivity contribution in [3.63, 3.8) is 0 Å². The van der Waals surface area contributed by atoms with Crippen LogP contribution < -0.4 is 10.1 Å². The highest BCUT2D eigenvalue weighted by molar-refractivity contribution is 5.97. The lowest BCUT2D eigenvalue weighted by Crippen LogP contribution is -2.41. The Kier molecular flexibility index (Phi) is 9.03. The van der Waals surface area contributed by atoms with Gasteiger partial charge in [0.2, 0.25) is 0 Å². The number of ether oxygens (including phenoxy) is 3. The number of unbranched alkanes of at least 4 members (excludes halogenated alkanes) is 1. The van der Waals surface area contributed by atoms with Crippen molar-refractivity contribution >= 4 is 11.9 Å². The summed E-state index contributed by atoms with van der Waals surface area (Å²) < 4.78 is 15.9. The van der Waals surface area contributed by atoms with Crippen LogP contribution in [0.15, 0.2) is 18.2 Å². The zero-order valence-corrected chi connectivity index (χ0v) is 15.7.